The molecule has 0 aliphatic rings. The van der Waals surface area contributed by atoms with Crippen molar-refractivity contribution in [1.82, 2.24) is 0 Å². The number of benzene rings is 3. The molecular formula is C19H20N2. The van der Waals surface area contributed by atoms with Gasteiger partial charge in [-0.25, -0.2) is 0 Å². The summed E-state index contributed by atoms with van der Waals surface area (Å²) in [5, 5.41) is 6.11. The third-order valence-corrected chi connectivity index (χ3v) is 3.75. The zero-order chi connectivity index (χ0) is 14.7. The fourth-order valence-electron chi connectivity index (χ4n) is 2.52. The average Bonchev–Trinajstić information content (AvgIpc) is 2.53. The van der Waals surface area contributed by atoms with Gasteiger partial charge in [-0.1, -0.05) is 42.5 Å². The van der Waals surface area contributed by atoms with E-state index in [1.165, 1.54) is 22.0 Å². The molecule has 2 heteroatoms. The third-order valence-electron chi connectivity index (χ3n) is 3.75. The van der Waals surface area contributed by atoms with Crippen LogP contribution in [0.15, 0.2) is 66.7 Å². The molecule has 0 saturated heterocycles. The summed E-state index contributed by atoms with van der Waals surface area (Å²) in [5.74, 6) is 0. The first-order valence-corrected chi connectivity index (χ1v) is 7.22. The van der Waals surface area contributed by atoms with Crippen molar-refractivity contribution in [3.05, 3.63) is 72.3 Å². The van der Waals surface area contributed by atoms with Crippen LogP contribution in [-0.4, -0.2) is 14.1 Å². The lowest BCUT2D eigenvalue weighted by atomic mass is 10.0. The Morgan fingerprint density at radius 3 is 2.29 bits per heavy atom. The minimum Gasteiger partial charge on any atom is -0.381 e. The van der Waals surface area contributed by atoms with Gasteiger partial charge in [0.15, 0.2) is 0 Å². The number of nitrogens with zero attached hydrogens (tertiary/aromatic N) is 1. The van der Waals surface area contributed by atoms with Gasteiger partial charge < -0.3 is 10.2 Å². The first kappa shape index (κ1) is 13.5. The second-order valence-corrected chi connectivity index (χ2v) is 5.43. The topological polar surface area (TPSA) is 15.3 Å². The molecule has 0 aromatic heterocycles. The number of anilines is 2. The van der Waals surface area contributed by atoms with Crippen LogP contribution in [0.25, 0.3) is 10.8 Å². The molecule has 0 amide bonds. The number of nitrogens with one attached hydrogen (secondary N) is 1. The Morgan fingerprint density at radius 1 is 0.810 bits per heavy atom. The van der Waals surface area contributed by atoms with Crippen molar-refractivity contribution in [2.24, 2.45) is 0 Å². The standard InChI is InChI=1S/C19H20N2/c1-21(2)18-12-10-17(11-13-18)20-14-16-8-5-7-15-6-3-4-9-19(15)16/h3-13,20H,14H2,1-2H3. The van der Waals surface area contributed by atoms with E-state index in [0.29, 0.717) is 0 Å². The van der Waals surface area contributed by atoms with Crippen LogP contribution in [0.4, 0.5) is 11.4 Å². The second kappa shape index (κ2) is 5.88. The highest BCUT2D eigenvalue weighted by Gasteiger charge is 2.01. The average molecular weight is 276 g/mol. The molecule has 0 aliphatic carbocycles. The predicted octanol–water partition coefficient (Wildman–Crippen LogP) is 4.52. The van der Waals surface area contributed by atoms with Crippen molar-refractivity contribution < 1.29 is 0 Å². The van der Waals surface area contributed by atoms with E-state index in [2.05, 4.69) is 91.0 Å². The zero-order valence-corrected chi connectivity index (χ0v) is 12.5. The molecule has 0 fully saturated rings. The van der Waals surface area contributed by atoms with Crippen molar-refractivity contribution in [3.63, 3.8) is 0 Å². The summed E-state index contributed by atoms with van der Waals surface area (Å²) in [6.07, 6.45) is 0. The molecule has 1 N–H and O–H groups in total. The van der Waals surface area contributed by atoms with Gasteiger partial charge in [0.25, 0.3) is 0 Å². The van der Waals surface area contributed by atoms with Crippen molar-refractivity contribution in [1.29, 1.82) is 0 Å². The van der Waals surface area contributed by atoms with Crippen LogP contribution in [0, 0.1) is 0 Å². The maximum absolute atomic E-state index is 3.50. The molecule has 0 saturated carbocycles. The summed E-state index contributed by atoms with van der Waals surface area (Å²) in [5.41, 5.74) is 3.68. The van der Waals surface area contributed by atoms with Crippen molar-refractivity contribution in [2.75, 3.05) is 24.3 Å². The molecule has 3 rings (SSSR count). The van der Waals surface area contributed by atoms with Gasteiger partial charge in [-0.3, -0.25) is 0 Å². The molecule has 0 bridgehead atoms. The Hall–Kier alpha value is -2.48. The molecule has 0 unspecified atom stereocenters. The lowest BCUT2D eigenvalue weighted by Gasteiger charge is -2.14. The Balaban J connectivity index is 1.77. The summed E-state index contributed by atoms with van der Waals surface area (Å²) in [7, 11) is 4.11. The van der Waals surface area contributed by atoms with Gasteiger partial charge in [-0.2, -0.15) is 0 Å². The minimum absolute atomic E-state index is 0.836. The van der Waals surface area contributed by atoms with Gasteiger partial charge >= 0.3 is 0 Å². The number of hydrogen-bond donors (Lipinski definition) is 1. The first-order valence-electron chi connectivity index (χ1n) is 7.22. The normalized spacial score (nSPS) is 10.6. The van der Waals surface area contributed by atoms with E-state index in [9.17, 15) is 0 Å². The van der Waals surface area contributed by atoms with Crippen LogP contribution >= 0.6 is 0 Å². The highest BCUT2D eigenvalue weighted by Crippen LogP contribution is 2.21. The highest BCUT2D eigenvalue weighted by atomic mass is 15.1. The predicted molar refractivity (Wildman–Crippen MR) is 92.0 cm³/mol. The molecule has 3 aromatic carbocycles. The fourth-order valence-corrected chi connectivity index (χ4v) is 2.52. The maximum atomic E-state index is 3.50. The fraction of sp³-hybridized carbons (Fsp3) is 0.158. The minimum atomic E-state index is 0.836. The number of rotatable bonds is 4. The lowest BCUT2D eigenvalue weighted by Crippen LogP contribution is -2.08. The molecular weight excluding hydrogens is 256 g/mol. The van der Waals surface area contributed by atoms with Crippen molar-refractivity contribution >= 4 is 22.1 Å². The highest BCUT2D eigenvalue weighted by molar-refractivity contribution is 5.85. The van der Waals surface area contributed by atoms with Gasteiger partial charge in [0.05, 0.1) is 0 Å². The van der Waals surface area contributed by atoms with E-state index in [1.807, 2.05) is 0 Å². The van der Waals surface area contributed by atoms with E-state index in [4.69, 9.17) is 0 Å². The van der Waals surface area contributed by atoms with Gasteiger partial charge in [0.2, 0.25) is 0 Å². The van der Waals surface area contributed by atoms with Gasteiger partial charge in [0, 0.05) is 32.0 Å². The first-order chi connectivity index (χ1) is 10.2. The molecule has 0 radical (unpaired) electrons. The van der Waals surface area contributed by atoms with Gasteiger partial charge in [-0.15, -0.1) is 0 Å². The summed E-state index contributed by atoms with van der Waals surface area (Å²) < 4.78 is 0. The van der Waals surface area contributed by atoms with Gasteiger partial charge in [0.1, 0.15) is 0 Å². The van der Waals surface area contributed by atoms with E-state index in [1.54, 1.807) is 0 Å². The smallest absolute Gasteiger partial charge is 0.0406 e. The number of hydrogen-bond acceptors (Lipinski definition) is 2. The molecule has 21 heavy (non-hydrogen) atoms. The molecule has 0 aliphatic heterocycles. The van der Waals surface area contributed by atoms with Crippen LogP contribution in [0.1, 0.15) is 5.56 Å². The van der Waals surface area contributed by atoms with E-state index in [-0.39, 0.29) is 0 Å². The molecule has 0 heterocycles. The maximum Gasteiger partial charge on any atom is 0.0406 e. The van der Waals surface area contributed by atoms with Crippen LogP contribution in [0.5, 0.6) is 0 Å². The molecule has 106 valence electrons. The Labute approximate surface area is 126 Å². The van der Waals surface area contributed by atoms with Crippen molar-refractivity contribution in [2.45, 2.75) is 6.54 Å². The van der Waals surface area contributed by atoms with E-state index in [0.717, 1.165) is 12.2 Å². The van der Waals surface area contributed by atoms with Crippen molar-refractivity contribution in [3.8, 4) is 0 Å². The summed E-state index contributed by atoms with van der Waals surface area (Å²) in [6, 6.07) is 23.5. The molecule has 3 aromatic rings. The van der Waals surface area contributed by atoms with Gasteiger partial charge in [-0.05, 0) is 40.6 Å². The summed E-state index contributed by atoms with van der Waals surface area (Å²) in [4.78, 5) is 2.11. The number of fused-ring (bicyclic) bond motifs is 1. The molecule has 0 atom stereocenters. The van der Waals surface area contributed by atoms with E-state index < -0.39 is 0 Å². The summed E-state index contributed by atoms with van der Waals surface area (Å²) >= 11 is 0. The molecule has 0 spiro atoms. The van der Waals surface area contributed by atoms with Crippen LogP contribution in [-0.2, 0) is 6.54 Å². The van der Waals surface area contributed by atoms with E-state index >= 15 is 0 Å². The quantitative estimate of drug-likeness (QED) is 0.753. The largest absolute Gasteiger partial charge is 0.381 e. The van der Waals surface area contributed by atoms with Crippen LogP contribution in [0.3, 0.4) is 0 Å². The Kier molecular flexibility index (Phi) is 3.78. The second-order valence-electron chi connectivity index (χ2n) is 5.43. The van der Waals surface area contributed by atoms with Crippen LogP contribution in [0.2, 0.25) is 0 Å². The Morgan fingerprint density at radius 2 is 1.52 bits per heavy atom. The van der Waals surface area contributed by atoms with Crippen LogP contribution < -0.4 is 10.2 Å². The molecule has 2 nitrogen and oxygen atoms in total. The third kappa shape index (κ3) is 3.00. The lowest BCUT2D eigenvalue weighted by molar-refractivity contribution is 1.13. The zero-order valence-electron chi connectivity index (χ0n) is 12.5. The summed E-state index contributed by atoms with van der Waals surface area (Å²) in [6.45, 7) is 0.836. The SMILES string of the molecule is CN(C)c1ccc(NCc2cccc3ccccc23)cc1. The Bertz CT molecular complexity index is 725. The monoisotopic (exact) mass is 276 g/mol.